The predicted molar refractivity (Wildman–Crippen MR) is 98.9 cm³/mol. The Kier molecular flexibility index (Phi) is 6.07. The lowest BCUT2D eigenvalue weighted by Gasteiger charge is -2.29. The fourth-order valence-electron chi connectivity index (χ4n) is 3.40. The number of aryl methyl sites for hydroxylation is 2. The van der Waals surface area contributed by atoms with Gasteiger partial charge < -0.3 is 19.7 Å². The van der Waals surface area contributed by atoms with Crippen molar-refractivity contribution in [3.63, 3.8) is 0 Å². The molecule has 3 rings (SSSR count). The smallest absolute Gasteiger partial charge is 0.131 e. The first kappa shape index (κ1) is 17.9. The summed E-state index contributed by atoms with van der Waals surface area (Å²) in [5.41, 5.74) is 3.52. The number of hydrogen-bond acceptors (Lipinski definition) is 5. The van der Waals surface area contributed by atoms with Crippen LogP contribution < -0.4 is 10.2 Å². The van der Waals surface area contributed by atoms with Crippen molar-refractivity contribution in [3.8, 4) is 0 Å². The van der Waals surface area contributed by atoms with E-state index in [0.29, 0.717) is 0 Å². The Labute approximate surface area is 149 Å². The van der Waals surface area contributed by atoms with E-state index in [0.717, 1.165) is 45.1 Å². The summed E-state index contributed by atoms with van der Waals surface area (Å²) in [6.07, 6.45) is 0.0463. The minimum atomic E-state index is 0.0463. The van der Waals surface area contributed by atoms with Gasteiger partial charge in [0.05, 0.1) is 25.0 Å². The van der Waals surface area contributed by atoms with Crippen molar-refractivity contribution in [2.45, 2.75) is 19.6 Å². The van der Waals surface area contributed by atoms with Crippen LogP contribution in [0.1, 0.15) is 22.9 Å². The van der Waals surface area contributed by atoms with Crippen LogP contribution in [0.25, 0.3) is 0 Å². The average molecular weight is 344 g/mol. The molecule has 0 spiro atoms. The van der Waals surface area contributed by atoms with Gasteiger partial charge in [-0.25, -0.2) is 0 Å². The Morgan fingerprint density at radius 2 is 1.96 bits per heavy atom. The number of methoxy groups -OCH3 is 1. The molecule has 2 aromatic rings. The summed E-state index contributed by atoms with van der Waals surface area (Å²) in [5.74, 6) is 1.20. The molecular weight excluding hydrogens is 316 g/mol. The highest BCUT2D eigenvalue weighted by molar-refractivity contribution is 5.50. The fraction of sp³-hybridized carbons (Fsp3) is 0.526. The molecule has 0 amide bonds. The molecule has 0 unspecified atom stereocenters. The van der Waals surface area contributed by atoms with E-state index in [2.05, 4.69) is 34.4 Å². The van der Waals surface area contributed by atoms with E-state index in [4.69, 9.17) is 9.47 Å². The van der Waals surface area contributed by atoms with Gasteiger partial charge in [0.25, 0.3) is 0 Å². The molecule has 0 radical (unpaired) electrons. The molecule has 136 valence electrons. The van der Waals surface area contributed by atoms with Gasteiger partial charge in [-0.05, 0) is 12.5 Å². The van der Waals surface area contributed by atoms with E-state index in [1.165, 1.54) is 16.9 Å². The number of hydrogen-bond donors (Lipinski definition) is 1. The molecule has 0 aliphatic carbocycles. The summed E-state index contributed by atoms with van der Waals surface area (Å²) < 4.78 is 13.1. The van der Waals surface area contributed by atoms with E-state index < -0.39 is 0 Å². The molecule has 1 atom stereocenters. The van der Waals surface area contributed by atoms with Crippen molar-refractivity contribution < 1.29 is 9.47 Å². The zero-order valence-electron chi connectivity index (χ0n) is 15.4. The number of benzene rings is 1. The SMILES string of the molecule is CO[C@@H](CNCc1c(C)nn(C)c1N1CCOCC1)c1ccccc1. The first-order valence-corrected chi connectivity index (χ1v) is 8.84. The minimum Gasteiger partial charge on any atom is -0.378 e. The molecule has 0 saturated carbocycles. The number of nitrogens with zero attached hydrogens (tertiary/aromatic N) is 3. The zero-order chi connectivity index (χ0) is 17.6. The summed E-state index contributed by atoms with van der Waals surface area (Å²) in [4.78, 5) is 2.37. The Bertz CT molecular complexity index is 666. The third-order valence-corrected chi connectivity index (χ3v) is 4.71. The monoisotopic (exact) mass is 344 g/mol. The molecule has 1 N–H and O–H groups in total. The summed E-state index contributed by atoms with van der Waals surface area (Å²) in [6.45, 7) is 6.99. The maximum atomic E-state index is 5.65. The van der Waals surface area contributed by atoms with E-state index in [1.807, 2.05) is 29.9 Å². The van der Waals surface area contributed by atoms with Gasteiger partial charge in [0.1, 0.15) is 5.82 Å². The molecule has 0 bridgehead atoms. The lowest BCUT2D eigenvalue weighted by molar-refractivity contribution is 0.102. The van der Waals surface area contributed by atoms with Crippen molar-refractivity contribution >= 4 is 5.82 Å². The number of ether oxygens (including phenoxy) is 2. The Balaban J connectivity index is 1.66. The number of morpholine rings is 1. The van der Waals surface area contributed by atoms with E-state index >= 15 is 0 Å². The van der Waals surface area contributed by atoms with Gasteiger partial charge in [-0.15, -0.1) is 0 Å². The normalized spacial score (nSPS) is 16.2. The molecule has 1 aromatic carbocycles. The molecular formula is C19H28N4O2. The Hall–Kier alpha value is -1.89. The van der Waals surface area contributed by atoms with Gasteiger partial charge in [0, 0.05) is 45.9 Å². The van der Waals surface area contributed by atoms with Gasteiger partial charge in [-0.1, -0.05) is 30.3 Å². The average Bonchev–Trinajstić information content (AvgIpc) is 2.93. The zero-order valence-corrected chi connectivity index (χ0v) is 15.4. The van der Waals surface area contributed by atoms with E-state index in [1.54, 1.807) is 7.11 Å². The third kappa shape index (κ3) is 4.21. The van der Waals surface area contributed by atoms with Gasteiger partial charge in [0.15, 0.2) is 0 Å². The van der Waals surface area contributed by atoms with Crippen LogP contribution in [0.4, 0.5) is 5.82 Å². The minimum absolute atomic E-state index is 0.0463. The Morgan fingerprint density at radius 1 is 1.24 bits per heavy atom. The first-order chi connectivity index (χ1) is 12.2. The molecule has 1 saturated heterocycles. The second-order valence-electron chi connectivity index (χ2n) is 6.38. The summed E-state index contributed by atoms with van der Waals surface area (Å²) in [7, 11) is 3.77. The van der Waals surface area contributed by atoms with Crippen LogP contribution in [0.2, 0.25) is 0 Å². The summed E-state index contributed by atoms with van der Waals surface area (Å²) in [5, 5.41) is 8.17. The largest absolute Gasteiger partial charge is 0.378 e. The lowest BCUT2D eigenvalue weighted by Crippen LogP contribution is -2.38. The first-order valence-electron chi connectivity index (χ1n) is 8.84. The quantitative estimate of drug-likeness (QED) is 0.833. The highest BCUT2D eigenvalue weighted by Gasteiger charge is 2.21. The van der Waals surface area contributed by atoms with E-state index in [-0.39, 0.29) is 6.10 Å². The molecule has 2 heterocycles. The second kappa shape index (κ2) is 8.47. The molecule has 1 aliphatic rings. The molecule has 1 aromatic heterocycles. The van der Waals surface area contributed by atoms with Crippen LogP contribution >= 0.6 is 0 Å². The van der Waals surface area contributed by atoms with Crippen LogP contribution in [0, 0.1) is 6.92 Å². The highest BCUT2D eigenvalue weighted by atomic mass is 16.5. The van der Waals surface area contributed by atoms with Crippen molar-refractivity contribution in [1.29, 1.82) is 0 Å². The van der Waals surface area contributed by atoms with Crippen LogP contribution in [0.15, 0.2) is 30.3 Å². The molecule has 1 fully saturated rings. The number of rotatable bonds is 7. The van der Waals surface area contributed by atoms with Crippen molar-refractivity contribution in [2.75, 3.05) is 44.9 Å². The molecule has 1 aliphatic heterocycles. The Morgan fingerprint density at radius 3 is 2.64 bits per heavy atom. The number of aromatic nitrogens is 2. The van der Waals surface area contributed by atoms with Gasteiger partial charge in [-0.3, -0.25) is 4.68 Å². The van der Waals surface area contributed by atoms with Crippen LogP contribution in [-0.4, -0.2) is 49.7 Å². The maximum Gasteiger partial charge on any atom is 0.131 e. The standard InChI is InChI=1S/C19H28N4O2/c1-15-17(19(22(2)21-15)23-9-11-25-12-10-23)13-20-14-18(24-3)16-7-5-4-6-8-16/h4-8,18,20H,9-14H2,1-3H3/t18-/m0/s1. The van der Waals surface area contributed by atoms with Crippen LogP contribution in [-0.2, 0) is 23.1 Å². The van der Waals surface area contributed by atoms with Gasteiger partial charge in [0.2, 0.25) is 0 Å². The summed E-state index contributed by atoms with van der Waals surface area (Å²) >= 11 is 0. The van der Waals surface area contributed by atoms with E-state index in [9.17, 15) is 0 Å². The van der Waals surface area contributed by atoms with Crippen molar-refractivity contribution in [3.05, 3.63) is 47.2 Å². The third-order valence-electron chi connectivity index (χ3n) is 4.71. The van der Waals surface area contributed by atoms with Crippen LogP contribution in [0.3, 0.4) is 0 Å². The van der Waals surface area contributed by atoms with Gasteiger partial charge >= 0.3 is 0 Å². The molecule has 25 heavy (non-hydrogen) atoms. The highest BCUT2D eigenvalue weighted by Crippen LogP contribution is 2.24. The lowest BCUT2D eigenvalue weighted by atomic mass is 10.1. The van der Waals surface area contributed by atoms with Crippen molar-refractivity contribution in [2.24, 2.45) is 7.05 Å². The van der Waals surface area contributed by atoms with Crippen molar-refractivity contribution in [1.82, 2.24) is 15.1 Å². The maximum absolute atomic E-state index is 5.65. The summed E-state index contributed by atoms with van der Waals surface area (Å²) in [6, 6.07) is 10.3. The van der Waals surface area contributed by atoms with Gasteiger partial charge in [-0.2, -0.15) is 5.10 Å². The molecule has 6 nitrogen and oxygen atoms in total. The topological polar surface area (TPSA) is 51.5 Å². The molecule has 6 heteroatoms. The number of nitrogens with one attached hydrogen (secondary N) is 1. The fourth-order valence-corrected chi connectivity index (χ4v) is 3.40. The second-order valence-corrected chi connectivity index (χ2v) is 6.38. The number of anilines is 1. The predicted octanol–water partition coefficient (Wildman–Crippen LogP) is 2.04. The van der Waals surface area contributed by atoms with Crippen LogP contribution in [0.5, 0.6) is 0 Å².